The van der Waals surface area contributed by atoms with E-state index in [4.69, 9.17) is 0 Å². The normalized spacial score (nSPS) is 13.1. The summed E-state index contributed by atoms with van der Waals surface area (Å²) in [4.78, 5) is 49.7. The fourth-order valence-electron chi connectivity index (χ4n) is 2.78. The number of fused-ring (bicyclic) bond motifs is 1. The van der Waals surface area contributed by atoms with Crippen molar-refractivity contribution in [3.63, 3.8) is 0 Å². The third-order valence-electron chi connectivity index (χ3n) is 4.23. The second-order valence-corrected chi connectivity index (χ2v) is 7.27. The molecule has 4 amide bonds. The fraction of sp³-hybridized carbons (Fsp3) is 0.200. The highest BCUT2D eigenvalue weighted by atomic mass is 32.2. The Bertz CT molecular complexity index is 966. The van der Waals surface area contributed by atoms with Gasteiger partial charge in [0, 0.05) is 23.4 Å². The van der Waals surface area contributed by atoms with E-state index in [1.54, 1.807) is 42.5 Å². The molecule has 0 aromatic heterocycles. The van der Waals surface area contributed by atoms with Crippen LogP contribution in [0.1, 0.15) is 22.3 Å². The number of carbonyl (C=O) groups excluding carboxylic acids is 4. The van der Waals surface area contributed by atoms with Gasteiger partial charge in [0.1, 0.15) is 5.82 Å². The van der Waals surface area contributed by atoms with Gasteiger partial charge in [-0.15, -0.1) is 11.8 Å². The zero-order chi connectivity index (χ0) is 20.8. The number of benzene rings is 2. The highest BCUT2D eigenvalue weighted by Crippen LogP contribution is 2.21. The van der Waals surface area contributed by atoms with Crippen molar-refractivity contribution in [2.24, 2.45) is 0 Å². The summed E-state index contributed by atoms with van der Waals surface area (Å²) >= 11 is 1.00. The summed E-state index contributed by atoms with van der Waals surface area (Å²) in [6.45, 7) is -0.0856. The second kappa shape index (κ2) is 9.33. The summed E-state index contributed by atoms with van der Waals surface area (Å²) in [7, 11) is 0. The number of carbonyl (C=O) groups is 4. The van der Waals surface area contributed by atoms with E-state index in [1.807, 2.05) is 0 Å². The van der Waals surface area contributed by atoms with Crippen molar-refractivity contribution in [3.8, 4) is 0 Å². The average molecular weight is 415 g/mol. The fourth-order valence-corrected chi connectivity index (χ4v) is 3.52. The van der Waals surface area contributed by atoms with Crippen molar-refractivity contribution in [1.82, 2.24) is 15.8 Å². The van der Waals surface area contributed by atoms with Gasteiger partial charge in [-0.3, -0.25) is 34.9 Å². The molecule has 0 fully saturated rings. The number of hydrazine groups is 1. The molecule has 2 N–H and O–H groups in total. The smallest absolute Gasteiger partial charge is 0.260 e. The maximum absolute atomic E-state index is 13.5. The van der Waals surface area contributed by atoms with Crippen LogP contribution in [-0.4, -0.2) is 40.8 Å². The van der Waals surface area contributed by atoms with E-state index in [0.717, 1.165) is 16.7 Å². The molecule has 1 aliphatic heterocycles. The van der Waals surface area contributed by atoms with Crippen LogP contribution in [0.4, 0.5) is 4.39 Å². The van der Waals surface area contributed by atoms with Gasteiger partial charge >= 0.3 is 0 Å². The third-order valence-corrected chi connectivity index (χ3v) is 5.28. The molecule has 3 rings (SSSR count). The average Bonchev–Trinajstić information content (AvgIpc) is 2.71. The van der Waals surface area contributed by atoms with Gasteiger partial charge in [-0.1, -0.05) is 30.3 Å². The molecule has 0 aliphatic carbocycles. The Morgan fingerprint density at radius 3 is 2.48 bits per heavy atom. The molecule has 7 nitrogen and oxygen atoms in total. The first-order chi connectivity index (χ1) is 14.0. The first-order valence-corrected chi connectivity index (χ1v) is 9.82. The van der Waals surface area contributed by atoms with Crippen LogP contribution in [0, 0.1) is 5.82 Å². The van der Waals surface area contributed by atoms with Gasteiger partial charge in [0.25, 0.3) is 5.91 Å². The molecular formula is C20H18FN3O4S. The van der Waals surface area contributed by atoms with Crippen LogP contribution in [0.15, 0.2) is 53.4 Å². The zero-order valence-electron chi connectivity index (χ0n) is 15.3. The van der Waals surface area contributed by atoms with Crippen LogP contribution in [0.2, 0.25) is 0 Å². The Morgan fingerprint density at radius 2 is 1.69 bits per heavy atom. The number of hydrogen-bond acceptors (Lipinski definition) is 5. The van der Waals surface area contributed by atoms with Gasteiger partial charge < -0.3 is 0 Å². The molecule has 150 valence electrons. The predicted octanol–water partition coefficient (Wildman–Crippen LogP) is 1.68. The minimum Gasteiger partial charge on any atom is -0.278 e. The number of hydrogen-bond donors (Lipinski definition) is 2. The van der Waals surface area contributed by atoms with Crippen LogP contribution >= 0.6 is 11.8 Å². The van der Waals surface area contributed by atoms with Crippen LogP contribution in [0.3, 0.4) is 0 Å². The quantitative estimate of drug-likeness (QED) is 0.425. The maximum Gasteiger partial charge on any atom is 0.260 e. The van der Waals surface area contributed by atoms with Crippen LogP contribution in [-0.2, 0) is 20.8 Å². The van der Waals surface area contributed by atoms with E-state index in [2.05, 4.69) is 10.9 Å². The summed E-state index contributed by atoms with van der Waals surface area (Å²) in [6.07, 6.45) is -0.0477. The number of imide groups is 1. The zero-order valence-corrected chi connectivity index (χ0v) is 16.1. The molecule has 29 heavy (non-hydrogen) atoms. The van der Waals surface area contributed by atoms with Crippen molar-refractivity contribution >= 4 is 35.4 Å². The number of rotatable bonds is 6. The van der Waals surface area contributed by atoms with Crippen molar-refractivity contribution in [2.75, 3.05) is 12.3 Å². The molecule has 0 spiro atoms. The SMILES string of the molecule is O=C(CCN1C(=O)Cc2ccccc2C1=O)NNC(=O)CSc1ccccc1F. The van der Waals surface area contributed by atoms with Gasteiger partial charge in [-0.2, -0.15) is 0 Å². The maximum atomic E-state index is 13.5. The monoisotopic (exact) mass is 415 g/mol. The molecule has 2 aromatic carbocycles. The third kappa shape index (κ3) is 5.20. The summed E-state index contributed by atoms with van der Waals surface area (Å²) in [6, 6.07) is 12.9. The van der Waals surface area contributed by atoms with Gasteiger partial charge in [0.05, 0.1) is 12.2 Å². The van der Waals surface area contributed by atoms with Crippen molar-refractivity contribution in [3.05, 3.63) is 65.5 Å². The van der Waals surface area contributed by atoms with Crippen LogP contribution in [0.25, 0.3) is 0 Å². The highest BCUT2D eigenvalue weighted by Gasteiger charge is 2.30. The molecule has 0 unspecified atom stereocenters. The van der Waals surface area contributed by atoms with Crippen LogP contribution < -0.4 is 10.9 Å². The number of halogens is 1. The molecule has 0 radical (unpaired) electrons. The Hall–Kier alpha value is -3.20. The van der Waals surface area contributed by atoms with Gasteiger partial charge in [-0.25, -0.2) is 4.39 Å². The topological polar surface area (TPSA) is 95.6 Å². The molecule has 0 saturated heterocycles. The van der Waals surface area contributed by atoms with Gasteiger partial charge in [0.15, 0.2) is 0 Å². The van der Waals surface area contributed by atoms with E-state index >= 15 is 0 Å². The molecule has 1 heterocycles. The second-order valence-electron chi connectivity index (χ2n) is 6.25. The first-order valence-electron chi connectivity index (χ1n) is 8.83. The lowest BCUT2D eigenvalue weighted by Gasteiger charge is -2.26. The highest BCUT2D eigenvalue weighted by molar-refractivity contribution is 8.00. The molecule has 2 aromatic rings. The summed E-state index contributed by atoms with van der Waals surface area (Å²) in [5, 5.41) is 0. The lowest BCUT2D eigenvalue weighted by molar-refractivity contribution is -0.130. The molecule has 1 aliphatic rings. The lowest BCUT2D eigenvalue weighted by Crippen LogP contribution is -2.46. The predicted molar refractivity (Wildman–Crippen MR) is 104 cm³/mol. The largest absolute Gasteiger partial charge is 0.278 e. The summed E-state index contributed by atoms with van der Waals surface area (Å²) in [5.41, 5.74) is 5.57. The van der Waals surface area contributed by atoms with E-state index in [-0.39, 0.29) is 31.0 Å². The minimum absolute atomic E-state index is 0.0822. The number of nitrogens with zero attached hydrogens (tertiary/aromatic N) is 1. The molecular weight excluding hydrogens is 397 g/mol. The van der Waals surface area contributed by atoms with E-state index in [1.165, 1.54) is 6.07 Å². The van der Waals surface area contributed by atoms with Crippen LogP contribution in [0.5, 0.6) is 0 Å². The van der Waals surface area contributed by atoms with E-state index in [9.17, 15) is 23.6 Å². The Kier molecular flexibility index (Phi) is 6.61. The number of thioether (sulfide) groups is 1. The summed E-state index contributed by atoms with van der Waals surface area (Å²) < 4.78 is 13.5. The lowest BCUT2D eigenvalue weighted by atomic mass is 9.98. The minimum atomic E-state index is -0.547. The van der Waals surface area contributed by atoms with Gasteiger partial charge in [-0.05, 0) is 23.8 Å². The molecule has 0 atom stereocenters. The van der Waals surface area contributed by atoms with Crippen molar-refractivity contribution in [1.29, 1.82) is 0 Å². The standard InChI is InChI=1S/C20H18FN3O4S/c21-15-7-3-4-8-16(15)29-12-18(26)23-22-17(25)9-10-24-19(27)11-13-5-1-2-6-14(13)20(24)28/h1-8H,9-12H2,(H,22,25)(H,23,26). The van der Waals surface area contributed by atoms with E-state index in [0.29, 0.717) is 16.0 Å². The first kappa shape index (κ1) is 20.5. The van der Waals surface area contributed by atoms with Crippen molar-refractivity contribution in [2.45, 2.75) is 17.7 Å². The van der Waals surface area contributed by atoms with Gasteiger partial charge in [0.2, 0.25) is 17.7 Å². The van der Waals surface area contributed by atoms with Crippen molar-refractivity contribution < 1.29 is 23.6 Å². The molecule has 0 bridgehead atoms. The van der Waals surface area contributed by atoms with E-state index < -0.39 is 23.5 Å². The Balaban J connectivity index is 1.43. The molecule has 9 heteroatoms. The summed E-state index contributed by atoms with van der Waals surface area (Å²) in [5.74, 6) is -2.37. The number of nitrogens with one attached hydrogen (secondary N) is 2. The number of amides is 4. The Morgan fingerprint density at radius 1 is 1.00 bits per heavy atom. The molecule has 0 saturated carbocycles. The Labute approximate surface area is 170 Å².